The molecule has 3 aromatic rings. The Bertz CT molecular complexity index is 1280. The molecule has 4 rings (SSSR count). The number of nitrogens with zero attached hydrogens (tertiary/aromatic N) is 1. The minimum absolute atomic E-state index is 0.0215. The van der Waals surface area contributed by atoms with E-state index in [-0.39, 0.29) is 23.4 Å². The van der Waals surface area contributed by atoms with Gasteiger partial charge in [0.2, 0.25) is 0 Å². The van der Waals surface area contributed by atoms with E-state index in [1.54, 1.807) is 56.3 Å². The number of rotatable bonds is 8. The Morgan fingerprint density at radius 1 is 1.03 bits per heavy atom. The van der Waals surface area contributed by atoms with Crippen molar-refractivity contribution in [1.82, 2.24) is 4.90 Å². The number of hydrogen-bond donors (Lipinski definition) is 1. The Labute approximate surface area is 202 Å². The average Bonchev–Trinajstić information content (AvgIpc) is 3.37. The van der Waals surface area contributed by atoms with Gasteiger partial charge in [-0.05, 0) is 62.7 Å². The number of aliphatic hydroxyl groups is 1. The zero-order valence-electron chi connectivity index (χ0n) is 19.7. The molecule has 1 fully saturated rings. The van der Waals surface area contributed by atoms with Gasteiger partial charge in [0.05, 0.1) is 24.4 Å². The molecule has 1 N–H and O–H groups in total. The first-order valence-electron chi connectivity index (χ1n) is 11.3. The number of ether oxygens (including phenoxy) is 2. The van der Waals surface area contributed by atoms with E-state index >= 15 is 0 Å². The summed E-state index contributed by atoms with van der Waals surface area (Å²) in [6.07, 6.45) is 0. The zero-order valence-corrected chi connectivity index (χ0v) is 19.7. The standard InChI is InChI=1S/C27H26FNO6/c1-4-33-19-11-12-20(22(14-19)34-5-2)25(30)23-24(21-13-6-16(3)35-21)29(27(32)26(23)31)15-17-7-9-18(28)10-8-17/h6-14,24,30H,4-5,15H2,1-3H3/b25-23-. The quantitative estimate of drug-likeness (QED) is 0.273. The molecule has 182 valence electrons. The lowest BCUT2D eigenvalue weighted by Gasteiger charge is -2.23. The van der Waals surface area contributed by atoms with Crippen LogP contribution in [-0.4, -0.2) is 34.9 Å². The third-order valence-corrected chi connectivity index (χ3v) is 5.66. The molecule has 1 saturated heterocycles. The highest BCUT2D eigenvalue weighted by Gasteiger charge is 2.47. The van der Waals surface area contributed by atoms with Gasteiger partial charge in [-0.1, -0.05) is 12.1 Å². The molecule has 35 heavy (non-hydrogen) atoms. The number of aryl methyl sites for hydroxylation is 1. The lowest BCUT2D eigenvalue weighted by Crippen LogP contribution is -2.29. The minimum atomic E-state index is -0.977. The molecule has 1 aliphatic rings. The average molecular weight is 480 g/mol. The van der Waals surface area contributed by atoms with Crippen molar-refractivity contribution in [1.29, 1.82) is 0 Å². The van der Waals surface area contributed by atoms with Gasteiger partial charge < -0.3 is 23.9 Å². The summed E-state index contributed by atoms with van der Waals surface area (Å²) in [5.41, 5.74) is 0.762. The number of amides is 1. The zero-order chi connectivity index (χ0) is 25.1. The van der Waals surface area contributed by atoms with Crippen LogP contribution in [0.1, 0.15) is 42.5 Å². The van der Waals surface area contributed by atoms with Crippen LogP contribution in [-0.2, 0) is 16.1 Å². The van der Waals surface area contributed by atoms with Crippen LogP contribution in [0.2, 0.25) is 0 Å². The van der Waals surface area contributed by atoms with Crippen LogP contribution in [0.5, 0.6) is 11.5 Å². The number of hydrogen-bond acceptors (Lipinski definition) is 6. The number of halogens is 1. The maximum atomic E-state index is 13.4. The number of likely N-dealkylation sites (tertiary alicyclic amines) is 1. The minimum Gasteiger partial charge on any atom is -0.507 e. The first-order valence-corrected chi connectivity index (χ1v) is 11.3. The Morgan fingerprint density at radius 3 is 2.37 bits per heavy atom. The van der Waals surface area contributed by atoms with Crippen LogP contribution in [0.4, 0.5) is 4.39 Å². The summed E-state index contributed by atoms with van der Waals surface area (Å²) in [6, 6.07) is 12.9. The summed E-state index contributed by atoms with van der Waals surface area (Å²) in [7, 11) is 0. The van der Waals surface area contributed by atoms with E-state index in [1.807, 2.05) is 6.92 Å². The van der Waals surface area contributed by atoms with Crippen molar-refractivity contribution in [3.63, 3.8) is 0 Å². The van der Waals surface area contributed by atoms with Crippen molar-refractivity contribution >= 4 is 17.4 Å². The first-order chi connectivity index (χ1) is 16.8. The van der Waals surface area contributed by atoms with Crippen molar-refractivity contribution < 1.29 is 33.0 Å². The molecule has 7 nitrogen and oxygen atoms in total. The third kappa shape index (κ3) is 4.77. The Hall–Kier alpha value is -4.07. The molecule has 2 aromatic carbocycles. The van der Waals surface area contributed by atoms with Crippen molar-refractivity contribution in [2.24, 2.45) is 0 Å². The Kier molecular flexibility index (Phi) is 6.91. The van der Waals surface area contributed by atoms with Gasteiger partial charge in [0.1, 0.15) is 40.6 Å². The number of carbonyl (C=O) groups is 2. The number of furan rings is 1. The monoisotopic (exact) mass is 479 g/mol. The predicted molar refractivity (Wildman–Crippen MR) is 126 cm³/mol. The lowest BCUT2D eigenvalue weighted by atomic mass is 9.98. The summed E-state index contributed by atoms with van der Waals surface area (Å²) in [5.74, 6) is -0.655. The van der Waals surface area contributed by atoms with Crippen molar-refractivity contribution in [3.05, 3.63) is 88.6 Å². The molecule has 1 atom stereocenters. The van der Waals surface area contributed by atoms with Crippen LogP contribution in [0.3, 0.4) is 0 Å². The van der Waals surface area contributed by atoms with E-state index in [4.69, 9.17) is 13.9 Å². The topological polar surface area (TPSA) is 89.2 Å². The number of ketones is 1. The normalized spacial score (nSPS) is 17.1. The fourth-order valence-electron chi connectivity index (χ4n) is 4.10. The number of carbonyl (C=O) groups excluding carboxylic acids is 2. The molecular formula is C27H26FNO6. The summed E-state index contributed by atoms with van der Waals surface area (Å²) < 4.78 is 30.4. The van der Waals surface area contributed by atoms with Crippen LogP contribution >= 0.6 is 0 Å². The van der Waals surface area contributed by atoms with Crippen molar-refractivity contribution in [2.45, 2.75) is 33.4 Å². The molecule has 0 saturated carbocycles. The maximum Gasteiger partial charge on any atom is 0.296 e. The first kappa shape index (κ1) is 24.1. The largest absolute Gasteiger partial charge is 0.507 e. The highest BCUT2D eigenvalue weighted by Crippen LogP contribution is 2.42. The second kappa shape index (κ2) is 10.0. The molecule has 1 aromatic heterocycles. The molecule has 0 aliphatic carbocycles. The number of Topliss-reactive ketones (excluding diaryl/α,β-unsaturated/α-hetero) is 1. The van der Waals surface area contributed by atoms with Gasteiger partial charge in [0, 0.05) is 12.6 Å². The molecule has 0 radical (unpaired) electrons. The second-order valence-corrected chi connectivity index (χ2v) is 8.03. The predicted octanol–water partition coefficient (Wildman–Crippen LogP) is 5.15. The van der Waals surface area contributed by atoms with Gasteiger partial charge in [-0.2, -0.15) is 0 Å². The van der Waals surface area contributed by atoms with E-state index in [0.29, 0.717) is 41.8 Å². The van der Waals surface area contributed by atoms with Crippen LogP contribution < -0.4 is 9.47 Å². The van der Waals surface area contributed by atoms with E-state index in [2.05, 4.69) is 0 Å². The highest BCUT2D eigenvalue weighted by atomic mass is 19.1. The molecule has 1 aliphatic heterocycles. The SMILES string of the molecule is CCOc1ccc(/C(O)=C2/C(=O)C(=O)N(Cc3ccc(F)cc3)C2c2ccc(C)o2)c(OCC)c1. The van der Waals surface area contributed by atoms with Gasteiger partial charge in [-0.3, -0.25) is 9.59 Å². The van der Waals surface area contributed by atoms with Gasteiger partial charge >= 0.3 is 0 Å². The molecule has 2 heterocycles. The highest BCUT2D eigenvalue weighted by molar-refractivity contribution is 6.46. The van der Waals surface area contributed by atoms with Crippen LogP contribution in [0.25, 0.3) is 5.76 Å². The Morgan fingerprint density at radius 2 is 1.74 bits per heavy atom. The molecule has 1 unspecified atom stereocenters. The van der Waals surface area contributed by atoms with Gasteiger partial charge in [-0.25, -0.2) is 4.39 Å². The summed E-state index contributed by atoms with van der Waals surface area (Å²) in [5, 5.41) is 11.4. The third-order valence-electron chi connectivity index (χ3n) is 5.66. The molecule has 0 spiro atoms. The molecule has 1 amide bonds. The Balaban J connectivity index is 1.85. The fraction of sp³-hybridized carbons (Fsp3) is 0.259. The number of benzene rings is 2. The van der Waals surface area contributed by atoms with Crippen LogP contribution in [0.15, 0.2) is 64.6 Å². The lowest BCUT2D eigenvalue weighted by molar-refractivity contribution is -0.140. The fourth-order valence-corrected chi connectivity index (χ4v) is 4.10. The van der Waals surface area contributed by atoms with E-state index in [9.17, 15) is 19.1 Å². The number of aliphatic hydroxyl groups excluding tert-OH is 1. The summed E-state index contributed by atoms with van der Waals surface area (Å²) in [4.78, 5) is 27.7. The van der Waals surface area contributed by atoms with Crippen molar-refractivity contribution in [3.8, 4) is 11.5 Å². The molecule has 8 heteroatoms. The smallest absolute Gasteiger partial charge is 0.296 e. The second-order valence-electron chi connectivity index (χ2n) is 8.03. The van der Waals surface area contributed by atoms with Gasteiger partial charge in [0.15, 0.2) is 0 Å². The van der Waals surface area contributed by atoms with E-state index < -0.39 is 23.5 Å². The summed E-state index contributed by atoms with van der Waals surface area (Å²) >= 11 is 0. The van der Waals surface area contributed by atoms with Crippen LogP contribution in [0, 0.1) is 12.7 Å². The van der Waals surface area contributed by atoms with Crippen molar-refractivity contribution in [2.75, 3.05) is 13.2 Å². The maximum absolute atomic E-state index is 13.4. The van der Waals surface area contributed by atoms with E-state index in [1.165, 1.54) is 17.0 Å². The van der Waals surface area contributed by atoms with E-state index in [0.717, 1.165) is 0 Å². The van der Waals surface area contributed by atoms with Gasteiger partial charge in [0.25, 0.3) is 11.7 Å². The summed E-state index contributed by atoms with van der Waals surface area (Å²) in [6.45, 7) is 6.17. The van der Waals surface area contributed by atoms with Gasteiger partial charge in [-0.15, -0.1) is 0 Å². The molecule has 0 bridgehead atoms. The molecular weight excluding hydrogens is 453 g/mol.